The molecule has 1 fully saturated rings. The van der Waals surface area contributed by atoms with E-state index in [-0.39, 0.29) is 22.9 Å². The highest BCUT2D eigenvalue weighted by atomic mass is 16.6. The number of rotatable bonds is 4. The third-order valence-electron chi connectivity index (χ3n) is 3.20. The fourth-order valence-corrected chi connectivity index (χ4v) is 2.02. The quantitative estimate of drug-likeness (QED) is 0.318. The lowest BCUT2D eigenvalue weighted by Gasteiger charge is -2.19. The average molecular weight is 306 g/mol. The molecule has 0 unspecified atom stereocenters. The molecular formula is C13H14N4O5. The maximum Gasteiger partial charge on any atom is 0.270 e. The Morgan fingerprint density at radius 2 is 2.32 bits per heavy atom. The molecule has 0 saturated carbocycles. The predicted molar refractivity (Wildman–Crippen MR) is 76.2 cm³/mol. The number of aromatic hydroxyl groups is 1. The van der Waals surface area contributed by atoms with Crippen molar-refractivity contribution in [2.24, 2.45) is 11.0 Å². The zero-order valence-electron chi connectivity index (χ0n) is 11.5. The first-order valence-electron chi connectivity index (χ1n) is 6.57. The number of nitrogens with one attached hydrogen (secondary N) is 2. The van der Waals surface area contributed by atoms with Crippen LogP contribution in [0.3, 0.4) is 0 Å². The first kappa shape index (κ1) is 15.4. The third-order valence-corrected chi connectivity index (χ3v) is 3.20. The second-order valence-electron chi connectivity index (χ2n) is 4.72. The van der Waals surface area contributed by atoms with Gasteiger partial charge in [-0.2, -0.15) is 5.10 Å². The topological polar surface area (TPSA) is 134 Å². The molecule has 9 heteroatoms. The van der Waals surface area contributed by atoms with Crippen molar-refractivity contribution in [1.82, 2.24) is 10.7 Å². The number of hydrogen-bond acceptors (Lipinski definition) is 6. The van der Waals surface area contributed by atoms with Crippen molar-refractivity contribution in [1.29, 1.82) is 0 Å². The van der Waals surface area contributed by atoms with Gasteiger partial charge in [0.05, 0.1) is 11.1 Å². The first-order chi connectivity index (χ1) is 10.5. The summed E-state index contributed by atoms with van der Waals surface area (Å²) in [6, 6.07) is 3.44. The summed E-state index contributed by atoms with van der Waals surface area (Å²) in [7, 11) is 0. The standard InChI is InChI=1S/C13H14N4O5/c18-11-4-3-9(17(21)22)6-8(11)7-15-16-13(20)10-2-1-5-14-12(10)19/h3-4,6-7,10,18H,1-2,5H2,(H,14,19)(H,16,20)/b15-7+/t10-/m0/s1. The van der Waals surface area contributed by atoms with Crippen LogP contribution in [0.2, 0.25) is 0 Å². The number of phenols is 1. The number of hydrogen-bond donors (Lipinski definition) is 3. The summed E-state index contributed by atoms with van der Waals surface area (Å²) in [5, 5.41) is 26.4. The van der Waals surface area contributed by atoms with Crippen LogP contribution in [0.25, 0.3) is 0 Å². The molecule has 9 nitrogen and oxygen atoms in total. The number of nitrogens with zero attached hydrogens (tertiary/aromatic N) is 2. The molecule has 0 radical (unpaired) electrons. The van der Waals surface area contributed by atoms with E-state index in [0.717, 1.165) is 24.4 Å². The number of non-ortho nitro benzene ring substituents is 1. The fourth-order valence-electron chi connectivity index (χ4n) is 2.02. The Morgan fingerprint density at radius 3 is 3.00 bits per heavy atom. The number of carbonyl (C=O) groups excluding carboxylic acids is 2. The minimum atomic E-state index is -0.801. The van der Waals surface area contributed by atoms with Gasteiger partial charge in [0.25, 0.3) is 11.6 Å². The van der Waals surface area contributed by atoms with Crippen molar-refractivity contribution < 1.29 is 19.6 Å². The number of nitro benzene ring substituents is 1. The van der Waals surface area contributed by atoms with E-state index in [1.807, 2.05) is 0 Å². The number of phenolic OH excluding ortho intramolecular Hbond substituents is 1. The summed E-state index contributed by atoms with van der Waals surface area (Å²) >= 11 is 0. The van der Waals surface area contributed by atoms with E-state index in [1.165, 1.54) is 0 Å². The van der Waals surface area contributed by atoms with E-state index in [4.69, 9.17) is 0 Å². The Kier molecular flexibility index (Phi) is 4.66. The minimum absolute atomic E-state index is 0.0857. The van der Waals surface area contributed by atoms with Gasteiger partial charge in [-0.25, -0.2) is 5.43 Å². The van der Waals surface area contributed by atoms with Crippen molar-refractivity contribution in [2.75, 3.05) is 6.54 Å². The lowest BCUT2D eigenvalue weighted by atomic mass is 9.98. The van der Waals surface area contributed by atoms with Crippen LogP contribution in [-0.4, -0.2) is 34.6 Å². The summed E-state index contributed by atoms with van der Waals surface area (Å²) in [5.74, 6) is -1.92. The number of benzene rings is 1. The summed E-state index contributed by atoms with van der Waals surface area (Å²) in [6.45, 7) is 0.549. The maximum absolute atomic E-state index is 11.8. The van der Waals surface area contributed by atoms with Gasteiger partial charge in [0.2, 0.25) is 5.91 Å². The summed E-state index contributed by atoms with van der Waals surface area (Å²) in [4.78, 5) is 33.4. The molecule has 0 spiro atoms. The number of amides is 2. The smallest absolute Gasteiger partial charge is 0.270 e. The zero-order valence-corrected chi connectivity index (χ0v) is 11.5. The van der Waals surface area contributed by atoms with Gasteiger partial charge in [0.15, 0.2) is 0 Å². The molecule has 1 saturated heterocycles. The van der Waals surface area contributed by atoms with Crippen LogP contribution in [0.4, 0.5) is 5.69 Å². The predicted octanol–water partition coefficient (Wildman–Crippen LogP) is 0.277. The Hall–Kier alpha value is -2.97. The van der Waals surface area contributed by atoms with E-state index in [1.54, 1.807) is 0 Å². The molecule has 1 aliphatic rings. The SMILES string of the molecule is O=C1NCCC[C@@H]1C(=O)N/N=C/c1cc([N+](=O)[O-])ccc1O. The van der Waals surface area contributed by atoms with E-state index < -0.39 is 16.7 Å². The molecule has 1 heterocycles. The highest BCUT2D eigenvalue weighted by Crippen LogP contribution is 2.21. The van der Waals surface area contributed by atoms with E-state index >= 15 is 0 Å². The largest absolute Gasteiger partial charge is 0.507 e. The first-order valence-corrected chi connectivity index (χ1v) is 6.57. The molecule has 116 valence electrons. The molecule has 22 heavy (non-hydrogen) atoms. The number of piperidine rings is 1. The summed E-state index contributed by atoms with van der Waals surface area (Å²) in [6.07, 6.45) is 2.23. The van der Waals surface area contributed by atoms with Crippen molar-refractivity contribution in [3.63, 3.8) is 0 Å². The van der Waals surface area contributed by atoms with Gasteiger partial charge in [-0.15, -0.1) is 0 Å². The van der Waals surface area contributed by atoms with Gasteiger partial charge in [0.1, 0.15) is 11.7 Å². The molecule has 1 aromatic carbocycles. The van der Waals surface area contributed by atoms with Gasteiger partial charge >= 0.3 is 0 Å². The lowest BCUT2D eigenvalue weighted by molar-refractivity contribution is -0.384. The minimum Gasteiger partial charge on any atom is -0.507 e. The van der Waals surface area contributed by atoms with Crippen LogP contribution >= 0.6 is 0 Å². The van der Waals surface area contributed by atoms with Crippen LogP contribution in [0.5, 0.6) is 5.75 Å². The number of hydrazone groups is 1. The fraction of sp³-hybridized carbons (Fsp3) is 0.308. The zero-order chi connectivity index (χ0) is 16.1. The second-order valence-corrected chi connectivity index (χ2v) is 4.72. The Bertz CT molecular complexity index is 643. The van der Waals surface area contributed by atoms with Crippen LogP contribution in [0.15, 0.2) is 23.3 Å². The Labute approximate surface area is 125 Å². The molecule has 0 aromatic heterocycles. The van der Waals surface area contributed by atoms with E-state index in [9.17, 15) is 24.8 Å². The second kappa shape index (κ2) is 6.66. The number of carbonyl (C=O) groups is 2. The van der Waals surface area contributed by atoms with E-state index in [0.29, 0.717) is 19.4 Å². The molecule has 1 aliphatic heterocycles. The molecule has 0 bridgehead atoms. The third kappa shape index (κ3) is 3.57. The normalized spacial score (nSPS) is 18.0. The molecule has 1 aromatic rings. The van der Waals surface area contributed by atoms with Gasteiger partial charge in [-0.3, -0.25) is 19.7 Å². The molecule has 1 atom stereocenters. The van der Waals surface area contributed by atoms with Crippen molar-refractivity contribution in [3.05, 3.63) is 33.9 Å². The maximum atomic E-state index is 11.8. The van der Waals surface area contributed by atoms with Gasteiger partial charge < -0.3 is 10.4 Å². The van der Waals surface area contributed by atoms with E-state index in [2.05, 4.69) is 15.8 Å². The lowest BCUT2D eigenvalue weighted by Crippen LogP contribution is -2.43. The molecule has 3 N–H and O–H groups in total. The summed E-state index contributed by atoms with van der Waals surface area (Å²) in [5.41, 5.74) is 2.07. The van der Waals surface area contributed by atoms with Gasteiger partial charge in [0, 0.05) is 24.2 Å². The monoisotopic (exact) mass is 306 g/mol. The average Bonchev–Trinajstić information content (AvgIpc) is 2.49. The van der Waals surface area contributed by atoms with Crippen molar-refractivity contribution in [3.8, 4) is 5.75 Å². The van der Waals surface area contributed by atoms with Crippen molar-refractivity contribution in [2.45, 2.75) is 12.8 Å². The van der Waals surface area contributed by atoms with Crippen LogP contribution < -0.4 is 10.7 Å². The van der Waals surface area contributed by atoms with Crippen LogP contribution in [0, 0.1) is 16.0 Å². The molecule has 2 amide bonds. The highest BCUT2D eigenvalue weighted by Gasteiger charge is 2.28. The summed E-state index contributed by atoms with van der Waals surface area (Å²) < 4.78 is 0. The Balaban J connectivity index is 2.03. The highest BCUT2D eigenvalue weighted by molar-refractivity contribution is 6.01. The molecule has 0 aliphatic carbocycles. The van der Waals surface area contributed by atoms with Crippen molar-refractivity contribution >= 4 is 23.7 Å². The van der Waals surface area contributed by atoms with Crippen LogP contribution in [-0.2, 0) is 9.59 Å². The van der Waals surface area contributed by atoms with Gasteiger partial charge in [-0.1, -0.05) is 0 Å². The number of nitro groups is 1. The molecule has 2 rings (SSSR count). The van der Waals surface area contributed by atoms with Crippen LogP contribution in [0.1, 0.15) is 18.4 Å². The van der Waals surface area contributed by atoms with Gasteiger partial charge in [-0.05, 0) is 18.9 Å². The Morgan fingerprint density at radius 1 is 1.55 bits per heavy atom. The molecular weight excluding hydrogens is 292 g/mol.